The van der Waals surface area contributed by atoms with Crippen LogP contribution in [-0.4, -0.2) is 35.9 Å². The highest BCUT2D eigenvalue weighted by Crippen LogP contribution is 2.28. The first-order valence-corrected chi connectivity index (χ1v) is 5.32. The summed E-state index contributed by atoms with van der Waals surface area (Å²) in [6, 6.07) is 0. The van der Waals surface area contributed by atoms with Gasteiger partial charge in [-0.25, -0.2) is 0 Å². The van der Waals surface area contributed by atoms with Gasteiger partial charge in [0.25, 0.3) is 0 Å². The first kappa shape index (κ1) is 12.5. The third-order valence-electron chi connectivity index (χ3n) is 2.82. The molecule has 0 amide bonds. The monoisotopic (exact) mass is 251 g/mol. The first-order chi connectivity index (χ1) is 8.63. The van der Waals surface area contributed by atoms with E-state index in [2.05, 4.69) is 4.98 Å². The molecular weight excluding hydrogens is 238 g/mol. The lowest BCUT2D eigenvalue weighted by Crippen LogP contribution is -2.18. The van der Waals surface area contributed by atoms with Crippen molar-refractivity contribution >= 4 is 11.6 Å². The second-order valence-corrected chi connectivity index (χ2v) is 3.83. The summed E-state index contributed by atoms with van der Waals surface area (Å²) in [4.78, 5) is 26.7. The molecule has 1 aromatic rings. The molecule has 1 aromatic heterocycles. The lowest BCUT2D eigenvalue weighted by molar-refractivity contribution is 0.0912. The summed E-state index contributed by atoms with van der Waals surface area (Å²) in [6.07, 6.45) is 1.14. The molecule has 1 aliphatic rings. The van der Waals surface area contributed by atoms with E-state index >= 15 is 0 Å². The predicted octanol–water partition coefficient (Wildman–Crippen LogP) is 0.563. The van der Waals surface area contributed by atoms with E-state index < -0.39 is 0 Å². The minimum atomic E-state index is -0.380. The number of methoxy groups -OCH3 is 2. The molecule has 0 saturated carbocycles. The lowest BCUT2D eigenvalue weighted by Gasteiger charge is -2.12. The zero-order valence-electron chi connectivity index (χ0n) is 10.1. The standard InChI is InChI=1S/C12H13NO5/c1-17-5-6-7(4-14)13-11-8(15)3-9(18-2)12(16)10(6)11/h3,13-14H,4-5H2,1-2H3. The number of rotatable bonds is 4. The average Bonchev–Trinajstić information content (AvgIpc) is 2.74. The molecule has 1 heterocycles. The van der Waals surface area contributed by atoms with E-state index in [9.17, 15) is 14.7 Å². The molecule has 0 spiro atoms. The van der Waals surface area contributed by atoms with Gasteiger partial charge in [-0.2, -0.15) is 0 Å². The highest BCUT2D eigenvalue weighted by molar-refractivity contribution is 6.23. The van der Waals surface area contributed by atoms with E-state index in [1.54, 1.807) is 0 Å². The van der Waals surface area contributed by atoms with Gasteiger partial charge in [0.2, 0.25) is 11.6 Å². The maximum Gasteiger partial charge on any atom is 0.230 e. The second-order valence-electron chi connectivity index (χ2n) is 3.83. The number of nitrogens with one attached hydrogen (secondary N) is 1. The normalized spacial score (nSPS) is 14.5. The second kappa shape index (κ2) is 4.75. The molecule has 1 aliphatic carbocycles. The molecule has 18 heavy (non-hydrogen) atoms. The Kier molecular flexibility index (Phi) is 3.31. The van der Waals surface area contributed by atoms with Crippen LogP contribution < -0.4 is 0 Å². The summed E-state index contributed by atoms with van der Waals surface area (Å²) in [6.45, 7) is -0.160. The topological polar surface area (TPSA) is 88.6 Å². The summed E-state index contributed by atoms with van der Waals surface area (Å²) in [5, 5.41) is 9.23. The van der Waals surface area contributed by atoms with Crippen molar-refractivity contribution in [2.24, 2.45) is 0 Å². The van der Waals surface area contributed by atoms with Crippen molar-refractivity contribution in [3.05, 3.63) is 34.3 Å². The molecule has 0 aromatic carbocycles. The van der Waals surface area contributed by atoms with Gasteiger partial charge in [0.05, 0.1) is 31.6 Å². The Morgan fingerprint density at radius 3 is 2.61 bits per heavy atom. The van der Waals surface area contributed by atoms with Gasteiger partial charge < -0.3 is 19.6 Å². The molecular formula is C12H13NO5. The fourth-order valence-electron chi connectivity index (χ4n) is 2.00. The zero-order valence-corrected chi connectivity index (χ0v) is 10.1. The van der Waals surface area contributed by atoms with Crippen LogP contribution in [0.25, 0.3) is 0 Å². The van der Waals surface area contributed by atoms with Crippen LogP contribution in [0, 0.1) is 0 Å². The molecule has 0 fully saturated rings. The lowest BCUT2D eigenvalue weighted by atomic mass is 9.96. The van der Waals surface area contributed by atoms with Crippen LogP contribution in [0.5, 0.6) is 0 Å². The van der Waals surface area contributed by atoms with Crippen LogP contribution in [0.2, 0.25) is 0 Å². The van der Waals surface area contributed by atoms with E-state index in [0.29, 0.717) is 11.3 Å². The highest BCUT2D eigenvalue weighted by Gasteiger charge is 2.32. The number of fused-ring (bicyclic) bond motifs is 1. The minimum Gasteiger partial charge on any atom is -0.492 e. The fourth-order valence-corrected chi connectivity index (χ4v) is 2.00. The Labute approximate surface area is 103 Å². The summed E-state index contributed by atoms with van der Waals surface area (Å²) in [5.74, 6) is -0.734. The maximum absolute atomic E-state index is 12.1. The number of ketones is 2. The zero-order chi connectivity index (χ0) is 13.3. The summed E-state index contributed by atoms with van der Waals surface area (Å²) in [7, 11) is 2.81. The quantitative estimate of drug-likeness (QED) is 0.816. The predicted molar refractivity (Wildman–Crippen MR) is 61.2 cm³/mol. The number of Topliss-reactive ketones (excluding diaryl/α,β-unsaturated/α-hetero) is 1. The minimum absolute atomic E-state index is 0.00616. The molecule has 0 radical (unpaired) electrons. The van der Waals surface area contributed by atoms with E-state index in [1.807, 2.05) is 0 Å². The van der Waals surface area contributed by atoms with Crippen molar-refractivity contribution in [1.82, 2.24) is 4.98 Å². The Balaban J connectivity index is 2.61. The Morgan fingerprint density at radius 2 is 2.06 bits per heavy atom. The summed E-state index contributed by atoms with van der Waals surface area (Å²) in [5.41, 5.74) is 1.31. The van der Waals surface area contributed by atoms with Crippen LogP contribution in [0.3, 0.4) is 0 Å². The summed E-state index contributed by atoms with van der Waals surface area (Å²) < 4.78 is 9.87. The van der Waals surface area contributed by atoms with Gasteiger partial charge in [0, 0.05) is 24.4 Å². The molecule has 2 rings (SSSR count). The van der Waals surface area contributed by atoms with Gasteiger partial charge in [-0.1, -0.05) is 0 Å². The van der Waals surface area contributed by atoms with Crippen LogP contribution in [-0.2, 0) is 22.7 Å². The molecule has 0 bridgehead atoms. The van der Waals surface area contributed by atoms with Crippen molar-refractivity contribution in [1.29, 1.82) is 0 Å². The van der Waals surface area contributed by atoms with Crippen molar-refractivity contribution < 1.29 is 24.2 Å². The number of aromatic amines is 1. The van der Waals surface area contributed by atoms with Crippen molar-refractivity contribution in [2.45, 2.75) is 13.2 Å². The third kappa shape index (κ3) is 1.75. The van der Waals surface area contributed by atoms with Crippen molar-refractivity contribution in [3.63, 3.8) is 0 Å². The van der Waals surface area contributed by atoms with Crippen molar-refractivity contribution in [2.75, 3.05) is 14.2 Å². The molecule has 0 unspecified atom stereocenters. The van der Waals surface area contributed by atoms with Crippen LogP contribution in [0.1, 0.15) is 32.1 Å². The van der Waals surface area contributed by atoms with Crippen LogP contribution >= 0.6 is 0 Å². The van der Waals surface area contributed by atoms with E-state index in [4.69, 9.17) is 9.47 Å². The van der Waals surface area contributed by atoms with Crippen LogP contribution in [0.4, 0.5) is 0 Å². The van der Waals surface area contributed by atoms with Gasteiger partial charge in [0.1, 0.15) is 0 Å². The van der Waals surface area contributed by atoms with E-state index in [1.165, 1.54) is 14.2 Å². The largest absolute Gasteiger partial charge is 0.492 e. The van der Waals surface area contributed by atoms with Gasteiger partial charge in [-0.3, -0.25) is 9.59 Å². The number of hydrogen-bond acceptors (Lipinski definition) is 5. The number of aromatic nitrogens is 1. The highest BCUT2D eigenvalue weighted by atomic mass is 16.5. The summed E-state index contributed by atoms with van der Waals surface area (Å²) >= 11 is 0. The Bertz CT molecular complexity index is 541. The van der Waals surface area contributed by atoms with Gasteiger partial charge in [0.15, 0.2) is 5.76 Å². The van der Waals surface area contributed by atoms with Crippen molar-refractivity contribution in [3.8, 4) is 0 Å². The number of carbonyl (C=O) groups excluding carboxylic acids is 2. The SMILES string of the molecule is COCc1c(CO)[nH]c2c1C(=O)C(OC)=CC2=O. The molecule has 2 N–H and O–H groups in total. The molecule has 0 atom stereocenters. The molecule has 6 nitrogen and oxygen atoms in total. The number of hydrogen-bond donors (Lipinski definition) is 2. The van der Waals surface area contributed by atoms with Gasteiger partial charge in [-0.05, 0) is 0 Å². The molecule has 0 aliphatic heterocycles. The van der Waals surface area contributed by atoms with Crippen LogP contribution in [0.15, 0.2) is 11.8 Å². The third-order valence-corrected chi connectivity index (χ3v) is 2.82. The first-order valence-electron chi connectivity index (χ1n) is 5.32. The maximum atomic E-state index is 12.1. The molecule has 0 saturated heterocycles. The average molecular weight is 251 g/mol. The van der Waals surface area contributed by atoms with E-state index in [0.717, 1.165) is 6.08 Å². The number of aliphatic hydroxyl groups excluding tert-OH is 1. The molecule has 96 valence electrons. The number of aliphatic hydroxyl groups is 1. The van der Waals surface area contributed by atoms with Gasteiger partial charge in [-0.15, -0.1) is 0 Å². The smallest absolute Gasteiger partial charge is 0.230 e. The number of carbonyl (C=O) groups is 2. The number of ether oxygens (including phenoxy) is 2. The number of allylic oxidation sites excluding steroid dienone is 2. The van der Waals surface area contributed by atoms with Gasteiger partial charge >= 0.3 is 0 Å². The Morgan fingerprint density at radius 1 is 1.33 bits per heavy atom. The fraction of sp³-hybridized carbons (Fsp3) is 0.333. The Hall–Kier alpha value is -1.92. The molecule has 6 heteroatoms. The number of H-pyrrole nitrogens is 1. The van der Waals surface area contributed by atoms with E-state index in [-0.39, 0.29) is 41.8 Å².